The Labute approximate surface area is 306 Å². The van der Waals surface area contributed by atoms with Crippen LogP contribution in [0.3, 0.4) is 0 Å². The summed E-state index contributed by atoms with van der Waals surface area (Å²) >= 11 is 0. The molecule has 10 nitrogen and oxygen atoms in total. The first-order valence-corrected chi connectivity index (χ1v) is 19.7. The summed E-state index contributed by atoms with van der Waals surface area (Å²) in [6.07, 6.45) is 6.99. The monoisotopic (exact) mass is 719 g/mol. The molecule has 13 atom stereocenters. The number of carbonyl (C=O) groups excluding carboxylic acids is 2. The van der Waals surface area contributed by atoms with Crippen molar-refractivity contribution in [2.24, 2.45) is 45.8 Å². The lowest BCUT2D eigenvalue weighted by Crippen LogP contribution is -2.69. The van der Waals surface area contributed by atoms with Crippen molar-refractivity contribution < 1.29 is 45.0 Å². The fourth-order valence-electron chi connectivity index (χ4n) is 12.7. The van der Waals surface area contributed by atoms with Gasteiger partial charge in [0.2, 0.25) is 5.91 Å². The van der Waals surface area contributed by atoms with Crippen LogP contribution < -0.4 is 4.90 Å². The number of aliphatic hydroxyl groups is 5. The minimum atomic E-state index is -1.51. The molecular formula is C42H57NO9. The van der Waals surface area contributed by atoms with Gasteiger partial charge in [-0.15, -0.1) is 0 Å². The SMILES string of the molecule is CC(C)C(C)C1OC1C1(O)CC=CC2CC3C(=CC(=O)C4(CO)CC(O)C(O)CC34C)C3(O)CCC1C23CCc1cc(O)cc(N2CCCC2=O)c1. The van der Waals surface area contributed by atoms with E-state index in [0.29, 0.717) is 68.7 Å². The van der Waals surface area contributed by atoms with Crippen molar-refractivity contribution in [3.05, 3.63) is 47.6 Å². The van der Waals surface area contributed by atoms with Gasteiger partial charge in [0.05, 0.1) is 35.9 Å². The van der Waals surface area contributed by atoms with Gasteiger partial charge in [-0.25, -0.2) is 0 Å². The second kappa shape index (κ2) is 12.2. The van der Waals surface area contributed by atoms with Gasteiger partial charge in [0.1, 0.15) is 17.5 Å². The Morgan fingerprint density at radius 3 is 2.50 bits per heavy atom. The molecule has 0 aromatic heterocycles. The number of fused-ring (bicyclic) bond motifs is 4. The van der Waals surface area contributed by atoms with Crippen LogP contribution in [0.5, 0.6) is 5.75 Å². The van der Waals surface area contributed by atoms with Crippen LogP contribution >= 0.6 is 0 Å². The van der Waals surface area contributed by atoms with E-state index in [1.165, 1.54) is 0 Å². The normalized spacial score (nSPS) is 45.7. The lowest BCUT2D eigenvalue weighted by molar-refractivity contribution is -0.203. The molecule has 0 radical (unpaired) electrons. The number of aryl methyl sites for hydroxylation is 1. The quantitative estimate of drug-likeness (QED) is 0.172. The van der Waals surface area contributed by atoms with Crippen LogP contribution in [0.15, 0.2) is 42.0 Å². The number of aromatic hydroxyl groups is 1. The highest BCUT2D eigenvalue weighted by Crippen LogP contribution is 2.75. The zero-order valence-corrected chi connectivity index (χ0v) is 31.0. The number of nitrogens with zero attached hydrogens (tertiary/aromatic N) is 1. The third-order valence-corrected chi connectivity index (χ3v) is 15.9. The molecule has 0 bridgehead atoms. The highest BCUT2D eigenvalue weighted by Gasteiger charge is 2.77. The van der Waals surface area contributed by atoms with E-state index in [-0.39, 0.29) is 60.1 Å². The molecule has 52 heavy (non-hydrogen) atoms. The summed E-state index contributed by atoms with van der Waals surface area (Å²) in [5.74, 6) is -0.645. The second-order valence-corrected chi connectivity index (χ2v) is 18.3. The second-order valence-electron chi connectivity index (χ2n) is 18.3. The third kappa shape index (κ3) is 4.83. The van der Waals surface area contributed by atoms with Gasteiger partial charge in [-0.2, -0.15) is 0 Å². The highest BCUT2D eigenvalue weighted by atomic mass is 16.6. The van der Waals surface area contributed by atoms with Crippen LogP contribution in [0, 0.1) is 45.8 Å². The van der Waals surface area contributed by atoms with E-state index < -0.39 is 52.4 Å². The molecule has 7 aliphatic rings. The summed E-state index contributed by atoms with van der Waals surface area (Å²) < 4.78 is 6.38. The number of hydrogen-bond donors (Lipinski definition) is 6. The molecule has 1 amide bonds. The first kappa shape index (κ1) is 36.4. The van der Waals surface area contributed by atoms with Crippen molar-refractivity contribution >= 4 is 17.4 Å². The summed E-state index contributed by atoms with van der Waals surface area (Å²) in [6, 6.07) is 5.28. The van der Waals surface area contributed by atoms with Crippen molar-refractivity contribution in [3.8, 4) is 5.75 Å². The van der Waals surface area contributed by atoms with E-state index in [1.807, 2.05) is 13.0 Å². The summed E-state index contributed by atoms with van der Waals surface area (Å²) in [5.41, 5.74) is -3.84. The van der Waals surface area contributed by atoms with Gasteiger partial charge in [-0.05, 0) is 116 Å². The summed E-state index contributed by atoms with van der Waals surface area (Å²) in [7, 11) is 0. The average Bonchev–Trinajstić information content (AvgIpc) is 3.71. The predicted octanol–water partition coefficient (Wildman–Crippen LogP) is 3.98. The van der Waals surface area contributed by atoms with E-state index >= 15 is 0 Å². The maximum atomic E-state index is 14.4. The standard InChI is InChI=1S/C42H57NO9/c1-23(2)24(3)36-37(52-36)41(50)11-5-7-26-17-29-30(19-34(48)39(22-44)21-32(47)31(46)20-38(29,39)4)42(51)13-10-33(41)40(26,42)12-9-25-15-27(18-28(45)16-25)43-14-6-8-35(43)49/h5,7,15-16,18-19,23-24,26,29,31-33,36-37,44-47,50-51H,6,8-14,17,20-22H2,1-4H3. The van der Waals surface area contributed by atoms with Crippen LogP contribution in [-0.4, -0.2) is 91.1 Å². The molecule has 5 aliphatic carbocycles. The molecule has 10 heteroatoms. The van der Waals surface area contributed by atoms with Gasteiger partial charge in [0, 0.05) is 36.1 Å². The fourth-order valence-corrected chi connectivity index (χ4v) is 12.7. The largest absolute Gasteiger partial charge is 0.508 e. The Bertz CT molecular complexity index is 1710. The van der Waals surface area contributed by atoms with Crippen LogP contribution in [0.25, 0.3) is 0 Å². The van der Waals surface area contributed by atoms with E-state index in [0.717, 1.165) is 12.0 Å². The van der Waals surface area contributed by atoms with Crippen molar-refractivity contribution in [1.82, 2.24) is 0 Å². The average molecular weight is 720 g/mol. The summed E-state index contributed by atoms with van der Waals surface area (Å²) in [6.45, 7) is 8.55. The Morgan fingerprint density at radius 1 is 1.06 bits per heavy atom. The minimum absolute atomic E-state index is 0.0242. The topological polar surface area (TPSA) is 171 Å². The number of phenols is 1. The number of carbonyl (C=O) groups is 2. The molecular weight excluding hydrogens is 662 g/mol. The zero-order chi connectivity index (χ0) is 37.2. The van der Waals surface area contributed by atoms with Gasteiger partial charge >= 0.3 is 0 Å². The lowest BCUT2D eigenvalue weighted by Gasteiger charge is -2.66. The Balaban J connectivity index is 1.25. The number of hydrogen-bond acceptors (Lipinski definition) is 9. The summed E-state index contributed by atoms with van der Waals surface area (Å²) in [5, 5.41) is 70.3. The number of epoxide rings is 1. The van der Waals surface area contributed by atoms with Crippen LogP contribution in [0.1, 0.15) is 91.0 Å². The van der Waals surface area contributed by atoms with Gasteiger partial charge in [0.25, 0.3) is 0 Å². The number of phenolic OH excluding ortho intramolecular Hbond substituents is 1. The number of ketones is 1. The fraction of sp³-hybridized carbons (Fsp3) is 0.714. The number of anilines is 1. The lowest BCUT2D eigenvalue weighted by atomic mass is 9.39. The molecule has 13 unspecified atom stereocenters. The van der Waals surface area contributed by atoms with Crippen LogP contribution in [0.4, 0.5) is 5.69 Å². The van der Waals surface area contributed by atoms with Crippen molar-refractivity contribution in [1.29, 1.82) is 0 Å². The third-order valence-electron chi connectivity index (χ3n) is 15.9. The van der Waals surface area contributed by atoms with Gasteiger partial charge in [-0.1, -0.05) is 39.8 Å². The molecule has 1 aromatic carbocycles. The molecule has 2 heterocycles. The molecule has 6 N–H and O–H groups in total. The number of aliphatic hydroxyl groups excluding tert-OH is 3. The summed E-state index contributed by atoms with van der Waals surface area (Å²) in [4.78, 5) is 28.8. The van der Waals surface area contributed by atoms with Gasteiger partial charge in [-0.3, -0.25) is 9.59 Å². The van der Waals surface area contributed by atoms with E-state index in [4.69, 9.17) is 4.74 Å². The zero-order valence-electron chi connectivity index (χ0n) is 31.0. The predicted molar refractivity (Wildman–Crippen MR) is 193 cm³/mol. The first-order chi connectivity index (χ1) is 24.6. The molecule has 284 valence electrons. The van der Waals surface area contributed by atoms with Crippen LogP contribution in [-0.2, 0) is 20.7 Å². The molecule has 5 fully saturated rings. The Morgan fingerprint density at radius 2 is 1.81 bits per heavy atom. The number of ether oxygens (including phenoxy) is 1. The molecule has 2 aliphatic heterocycles. The minimum Gasteiger partial charge on any atom is -0.508 e. The number of benzene rings is 1. The number of rotatable bonds is 8. The Kier molecular flexibility index (Phi) is 8.54. The molecule has 0 spiro atoms. The molecule has 3 saturated carbocycles. The van der Waals surface area contributed by atoms with E-state index in [1.54, 1.807) is 23.1 Å². The van der Waals surface area contributed by atoms with Gasteiger partial charge in [0.15, 0.2) is 5.78 Å². The number of amides is 1. The maximum absolute atomic E-state index is 14.4. The first-order valence-electron chi connectivity index (χ1n) is 19.7. The number of allylic oxidation sites excluding steroid dienone is 2. The van der Waals surface area contributed by atoms with Crippen molar-refractivity contribution in [2.45, 2.75) is 128 Å². The smallest absolute Gasteiger partial charge is 0.227 e. The van der Waals surface area contributed by atoms with Crippen LogP contribution in [0.2, 0.25) is 0 Å². The van der Waals surface area contributed by atoms with Crippen molar-refractivity contribution in [3.63, 3.8) is 0 Å². The molecule has 2 saturated heterocycles. The van der Waals surface area contributed by atoms with E-state index in [2.05, 4.69) is 32.9 Å². The van der Waals surface area contributed by atoms with Gasteiger partial charge < -0.3 is 40.3 Å². The Hall–Kier alpha value is -2.60. The maximum Gasteiger partial charge on any atom is 0.227 e. The highest BCUT2D eigenvalue weighted by molar-refractivity contribution is 5.98. The molecule has 8 rings (SSSR count). The molecule has 1 aromatic rings. The van der Waals surface area contributed by atoms with Crippen molar-refractivity contribution in [2.75, 3.05) is 18.1 Å². The van der Waals surface area contributed by atoms with E-state index in [9.17, 15) is 40.2 Å².